The van der Waals surface area contributed by atoms with E-state index < -0.39 is 0 Å². The Morgan fingerprint density at radius 3 is 2.35 bits per heavy atom. The first-order valence-electron chi connectivity index (χ1n) is 9.38. The Kier molecular flexibility index (Phi) is 8.98. The van der Waals surface area contributed by atoms with Gasteiger partial charge in [0.15, 0.2) is 0 Å². The minimum atomic E-state index is 0.806. The molecule has 130 valence electrons. The zero-order chi connectivity index (χ0) is 17.2. The van der Waals surface area contributed by atoms with Crippen molar-refractivity contribution in [2.24, 2.45) is 16.6 Å². The second-order valence-corrected chi connectivity index (χ2v) is 6.89. The van der Waals surface area contributed by atoms with E-state index in [0.29, 0.717) is 0 Å². The molecule has 1 rings (SSSR count). The predicted octanol–water partition coefficient (Wildman–Crippen LogP) is 6.30. The number of nitrogens with two attached hydrogens (primary N) is 1. The van der Waals surface area contributed by atoms with Gasteiger partial charge in [-0.3, -0.25) is 4.99 Å². The van der Waals surface area contributed by atoms with E-state index in [2.05, 4.69) is 39.3 Å². The third kappa shape index (κ3) is 6.01. The van der Waals surface area contributed by atoms with Crippen LogP contribution in [0, 0.1) is 5.92 Å². The van der Waals surface area contributed by atoms with Gasteiger partial charge in [0.25, 0.3) is 0 Å². The van der Waals surface area contributed by atoms with Crippen molar-refractivity contribution in [1.82, 2.24) is 0 Å². The van der Waals surface area contributed by atoms with Gasteiger partial charge in [-0.05, 0) is 57.4 Å². The summed E-state index contributed by atoms with van der Waals surface area (Å²) in [6, 6.07) is 0. The van der Waals surface area contributed by atoms with Gasteiger partial charge < -0.3 is 5.73 Å². The molecule has 0 aromatic heterocycles. The highest BCUT2D eigenvalue weighted by Crippen LogP contribution is 2.34. The summed E-state index contributed by atoms with van der Waals surface area (Å²) in [6.45, 7) is 12.6. The lowest BCUT2D eigenvalue weighted by Crippen LogP contribution is -2.13. The number of hydrogen-bond donors (Lipinski definition) is 1. The molecule has 0 spiro atoms. The van der Waals surface area contributed by atoms with Crippen molar-refractivity contribution >= 4 is 5.71 Å². The second-order valence-electron chi connectivity index (χ2n) is 6.89. The molecule has 2 nitrogen and oxygen atoms in total. The minimum Gasteiger partial charge on any atom is -0.401 e. The number of nitrogens with zero attached hydrogens (tertiary/aromatic N) is 1. The fourth-order valence-electron chi connectivity index (χ4n) is 3.81. The Labute approximate surface area is 143 Å². The second kappa shape index (κ2) is 10.5. The lowest BCUT2D eigenvalue weighted by molar-refractivity contribution is 0.410. The molecule has 2 heteroatoms. The molecule has 0 fully saturated rings. The maximum atomic E-state index is 6.56. The van der Waals surface area contributed by atoms with E-state index in [1.807, 2.05) is 0 Å². The number of rotatable bonds is 10. The molecule has 1 aliphatic rings. The summed E-state index contributed by atoms with van der Waals surface area (Å²) in [5, 5.41) is 0. The van der Waals surface area contributed by atoms with Gasteiger partial charge in [-0.1, -0.05) is 51.7 Å². The first-order valence-corrected chi connectivity index (χ1v) is 9.38. The number of hydrogen-bond acceptors (Lipinski definition) is 2. The van der Waals surface area contributed by atoms with Crippen LogP contribution in [0.15, 0.2) is 40.2 Å². The van der Waals surface area contributed by atoms with Crippen LogP contribution in [0.4, 0.5) is 0 Å². The molecule has 2 N–H and O–H groups in total. The largest absolute Gasteiger partial charge is 0.401 e. The first-order chi connectivity index (χ1) is 11.0. The number of allylic oxidation sites excluding steroid dienone is 4. The van der Waals surface area contributed by atoms with Crippen molar-refractivity contribution in [3.63, 3.8) is 0 Å². The van der Waals surface area contributed by atoms with Crippen LogP contribution >= 0.6 is 0 Å². The molecule has 0 aromatic rings. The molecular weight excluding hydrogens is 280 g/mol. The van der Waals surface area contributed by atoms with E-state index in [-0.39, 0.29) is 0 Å². The quantitative estimate of drug-likeness (QED) is 0.472. The molecule has 1 aliphatic carbocycles. The van der Waals surface area contributed by atoms with Gasteiger partial charge in [0.1, 0.15) is 0 Å². The highest BCUT2D eigenvalue weighted by atomic mass is 14.7. The molecule has 23 heavy (non-hydrogen) atoms. The van der Waals surface area contributed by atoms with Crippen molar-refractivity contribution in [3.05, 3.63) is 35.2 Å². The molecule has 0 bridgehead atoms. The summed E-state index contributed by atoms with van der Waals surface area (Å²) in [7, 11) is 0. The molecule has 0 atom stereocenters. The summed E-state index contributed by atoms with van der Waals surface area (Å²) in [6.07, 6.45) is 12.6. The Morgan fingerprint density at radius 1 is 1.22 bits per heavy atom. The average molecular weight is 317 g/mol. The Morgan fingerprint density at radius 2 is 1.87 bits per heavy atom. The fraction of sp³-hybridized carbons (Fsp3) is 0.667. The first kappa shape index (κ1) is 19.7. The lowest BCUT2D eigenvalue weighted by atomic mass is 9.89. The van der Waals surface area contributed by atoms with Gasteiger partial charge in [-0.25, -0.2) is 0 Å². The summed E-state index contributed by atoms with van der Waals surface area (Å²) >= 11 is 0. The van der Waals surface area contributed by atoms with E-state index in [0.717, 1.165) is 30.2 Å². The SMILES string of the molecule is C=CN=C(C)/C(C1=C(C)CCC1)=C(\N)CCC(CCC)CCC. The molecule has 0 unspecified atom stereocenters. The van der Waals surface area contributed by atoms with Crippen LogP contribution in [0.25, 0.3) is 0 Å². The van der Waals surface area contributed by atoms with E-state index >= 15 is 0 Å². The summed E-state index contributed by atoms with van der Waals surface area (Å²) in [5.74, 6) is 0.806. The summed E-state index contributed by atoms with van der Waals surface area (Å²) in [5.41, 5.74) is 12.8. The third-order valence-corrected chi connectivity index (χ3v) is 4.98. The average Bonchev–Trinajstić information content (AvgIpc) is 2.92. The van der Waals surface area contributed by atoms with Crippen molar-refractivity contribution in [1.29, 1.82) is 0 Å². The number of aliphatic imine (C=N–C) groups is 1. The Bertz CT molecular complexity index is 474. The van der Waals surface area contributed by atoms with Gasteiger partial charge in [0.05, 0.1) is 0 Å². The van der Waals surface area contributed by atoms with Crippen LogP contribution in [-0.4, -0.2) is 5.71 Å². The van der Waals surface area contributed by atoms with Gasteiger partial charge in [0, 0.05) is 23.2 Å². The maximum Gasteiger partial charge on any atom is 0.0464 e. The standard InChI is InChI=1S/C21H36N2/c1-6-10-18(11-7-2)14-15-20(22)21(17(5)23-8-3)19-13-9-12-16(19)4/h8,18H,3,6-7,9-15,22H2,1-2,4-5H3/b21-20+,23-17?. The lowest BCUT2D eigenvalue weighted by Gasteiger charge is -2.18. The fourth-order valence-corrected chi connectivity index (χ4v) is 3.81. The van der Waals surface area contributed by atoms with Crippen LogP contribution in [0.2, 0.25) is 0 Å². The maximum absolute atomic E-state index is 6.56. The minimum absolute atomic E-state index is 0.806. The monoisotopic (exact) mass is 316 g/mol. The van der Waals surface area contributed by atoms with Crippen LogP contribution < -0.4 is 5.73 Å². The zero-order valence-corrected chi connectivity index (χ0v) is 15.8. The van der Waals surface area contributed by atoms with Crippen molar-refractivity contribution in [2.75, 3.05) is 0 Å². The van der Waals surface area contributed by atoms with E-state index in [4.69, 9.17) is 5.73 Å². The molecular formula is C21H36N2. The van der Waals surface area contributed by atoms with Gasteiger partial charge >= 0.3 is 0 Å². The molecule has 0 radical (unpaired) electrons. The van der Waals surface area contributed by atoms with Crippen molar-refractivity contribution < 1.29 is 0 Å². The summed E-state index contributed by atoms with van der Waals surface area (Å²) < 4.78 is 0. The molecule has 0 heterocycles. The van der Waals surface area contributed by atoms with E-state index in [9.17, 15) is 0 Å². The van der Waals surface area contributed by atoms with Gasteiger partial charge in [-0.2, -0.15) is 0 Å². The Balaban J connectivity index is 2.98. The molecule has 0 aliphatic heterocycles. The van der Waals surface area contributed by atoms with Crippen LogP contribution in [0.3, 0.4) is 0 Å². The molecule has 0 saturated heterocycles. The van der Waals surface area contributed by atoms with Gasteiger partial charge in [0.2, 0.25) is 0 Å². The predicted molar refractivity (Wildman–Crippen MR) is 104 cm³/mol. The Hall–Kier alpha value is -1.31. The van der Waals surface area contributed by atoms with Gasteiger partial charge in [-0.15, -0.1) is 0 Å². The molecule has 0 saturated carbocycles. The van der Waals surface area contributed by atoms with E-state index in [1.165, 1.54) is 61.7 Å². The van der Waals surface area contributed by atoms with Crippen LogP contribution in [0.1, 0.15) is 85.5 Å². The normalized spacial score (nSPS) is 17.0. The zero-order valence-electron chi connectivity index (χ0n) is 15.8. The highest BCUT2D eigenvalue weighted by Gasteiger charge is 2.20. The third-order valence-electron chi connectivity index (χ3n) is 4.98. The highest BCUT2D eigenvalue weighted by molar-refractivity contribution is 6.03. The topological polar surface area (TPSA) is 38.4 Å². The smallest absolute Gasteiger partial charge is 0.0464 e. The van der Waals surface area contributed by atoms with E-state index in [1.54, 1.807) is 6.20 Å². The summed E-state index contributed by atoms with van der Waals surface area (Å²) in [4.78, 5) is 4.43. The van der Waals surface area contributed by atoms with Crippen LogP contribution in [-0.2, 0) is 0 Å². The van der Waals surface area contributed by atoms with Crippen molar-refractivity contribution in [3.8, 4) is 0 Å². The van der Waals surface area contributed by atoms with Crippen LogP contribution in [0.5, 0.6) is 0 Å². The van der Waals surface area contributed by atoms with Crippen molar-refractivity contribution in [2.45, 2.75) is 85.5 Å². The molecule has 0 amide bonds. The molecule has 0 aromatic carbocycles.